The van der Waals surface area contributed by atoms with Crippen molar-refractivity contribution in [3.8, 4) is 11.5 Å². The highest BCUT2D eigenvalue weighted by Crippen LogP contribution is 2.36. The average Bonchev–Trinajstić information content (AvgIpc) is 2.83. The molecule has 0 aromatic heterocycles. The number of hydrogen-bond acceptors (Lipinski definition) is 4. The second kappa shape index (κ2) is 5.93. The Kier molecular flexibility index (Phi) is 4.42. The van der Waals surface area contributed by atoms with Crippen LogP contribution < -0.4 is 9.47 Å². The van der Waals surface area contributed by atoms with Crippen LogP contribution in [0.5, 0.6) is 11.5 Å². The predicted molar refractivity (Wildman–Crippen MR) is 79.7 cm³/mol. The number of benzene rings is 1. The van der Waals surface area contributed by atoms with Gasteiger partial charge in [-0.1, -0.05) is 6.07 Å². The van der Waals surface area contributed by atoms with E-state index in [4.69, 9.17) is 14.6 Å². The molecule has 0 bridgehead atoms. The van der Waals surface area contributed by atoms with Gasteiger partial charge in [-0.15, -0.1) is 0 Å². The topological polar surface area (TPSA) is 59.0 Å². The first-order chi connectivity index (χ1) is 9.79. The van der Waals surface area contributed by atoms with E-state index in [2.05, 4.69) is 32.6 Å². The minimum atomic E-state index is -0.776. The molecule has 116 valence electrons. The molecule has 5 heteroatoms. The number of aliphatic carboxylic acids is 1. The SMILES string of the molecule is CC(c1ccc2c(c1)OCO2)N(CCC(=O)O)C(C)(C)C. The highest BCUT2D eigenvalue weighted by molar-refractivity contribution is 5.66. The molecule has 5 nitrogen and oxygen atoms in total. The Hall–Kier alpha value is -1.75. The number of carboxylic acids is 1. The maximum absolute atomic E-state index is 10.9. The summed E-state index contributed by atoms with van der Waals surface area (Å²) in [6, 6.07) is 6.00. The zero-order valence-corrected chi connectivity index (χ0v) is 13.0. The fourth-order valence-corrected chi connectivity index (χ4v) is 2.68. The molecule has 0 fully saturated rings. The fourth-order valence-electron chi connectivity index (χ4n) is 2.68. The molecule has 21 heavy (non-hydrogen) atoms. The van der Waals surface area contributed by atoms with Crippen molar-refractivity contribution in [3.63, 3.8) is 0 Å². The van der Waals surface area contributed by atoms with E-state index in [9.17, 15) is 4.79 Å². The lowest BCUT2D eigenvalue weighted by Gasteiger charge is -2.40. The Morgan fingerprint density at radius 2 is 2.00 bits per heavy atom. The summed E-state index contributed by atoms with van der Waals surface area (Å²) in [4.78, 5) is 13.1. The molecule has 0 amide bonds. The number of nitrogens with zero attached hydrogens (tertiary/aromatic N) is 1. The van der Waals surface area contributed by atoms with Gasteiger partial charge in [-0.05, 0) is 45.4 Å². The maximum Gasteiger partial charge on any atom is 0.304 e. The molecule has 0 saturated carbocycles. The van der Waals surface area contributed by atoms with Gasteiger partial charge in [-0.2, -0.15) is 0 Å². The summed E-state index contributed by atoms with van der Waals surface area (Å²) in [6.07, 6.45) is 0.131. The van der Waals surface area contributed by atoms with E-state index < -0.39 is 5.97 Å². The smallest absolute Gasteiger partial charge is 0.304 e. The lowest BCUT2D eigenvalue weighted by atomic mass is 9.98. The molecule has 1 aliphatic heterocycles. The lowest BCUT2D eigenvalue weighted by Crippen LogP contribution is -2.44. The summed E-state index contributed by atoms with van der Waals surface area (Å²) in [5, 5.41) is 8.94. The number of fused-ring (bicyclic) bond motifs is 1. The molecule has 0 saturated heterocycles. The zero-order chi connectivity index (χ0) is 15.6. The largest absolute Gasteiger partial charge is 0.481 e. The molecule has 1 heterocycles. The van der Waals surface area contributed by atoms with Crippen molar-refractivity contribution in [1.29, 1.82) is 0 Å². The third kappa shape index (κ3) is 3.67. The Bertz CT molecular complexity index is 521. The molecule has 1 atom stereocenters. The molecule has 0 radical (unpaired) electrons. The Morgan fingerprint density at radius 1 is 1.33 bits per heavy atom. The van der Waals surface area contributed by atoms with Crippen LogP contribution in [0.4, 0.5) is 0 Å². The lowest BCUT2D eigenvalue weighted by molar-refractivity contribution is -0.137. The van der Waals surface area contributed by atoms with E-state index in [1.807, 2.05) is 18.2 Å². The van der Waals surface area contributed by atoms with Crippen molar-refractivity contribution in [1.82, 2.24) is 4.90 Å². The maximum atomic E-state index is 10.9. The van der Waals surface area contributed by atoms with E-state index in [1.54, 1.807) is 0 Å². The normalized spacial score (nSPS) is 15.3. The standard InChI is InChI=1S/C16H23NO4/c1-11(17(16(2,3)4)8-7-15(18)19)12-5-6-13-14(9-12)21-10-20-13/h5-6,9,11H,7-8,10H2,1-4H3,(H,18,19). The van der Waals surface area contributed by atoms with Gasteiger partial charge < -0.3 is 14.6 Å². The predicted octanol–water partition coefficient (Wildman–Crippen LogP) is 3.05. The summed E-state index contributed by atoms with van der Waals surface area (Å²) in [7, 11) is 0. The molecule has 1 aliphatic rings. The molecule has 1 aromatic rings. The first-order valence-corrected chi connectivity index (χ1v) is 7.17. The third-order valence-electron chi connectivity index (χ3n) is 3.77. The molecule has 0 aliphatic carbocycles. The van der Waals surface area contributed by atoms with Crippen LogP contribution in [0.2, 0.25) is 0 Å². The highest BCUT2D eigenvalue weighted by atomic mass is 16.7. The minimum Gasteiger partial charge on any atom is -0.481 e. The van der Waals surface area contributed by atoms with Crippen LogP contribution in [-0.2, 0) is 4.79 Å². The molecule has 1 N–H and O–H groups in total. The van der Waals surface area contributed by atoms with Gasteiger partial charge in [0.15, 0.2) is 11.5 Å². The van der Waals surface area contributed by atoms with Gasteiger partial charge in [-0.3, -0.25) is 9.69 Å². The zero-order valence-electron chi connectivity index (χ0n) is 13.0. The van der Waals surface area contributed by atoms with Gasteiger partial charge in [0.25, 0.3) is 0 Å². The van der Waals surface area contributed by atoms with Crippen LogP contribution in [0.3, 0.4) is 0 Å². The Balaban J connectivity index is 2.21. The van der Waals surface area contributed by atoms with Gasteiger partial charge in [0.1, 0.15) is 0 Å². The number of carboxylic acid groups (broad SMARTS) is 1. The van der Waals surface area contributed by atoms with Crippen molar-refractivity contribution in [2.45, 2.75) is 45.7 Å². The van der Waals surface area contributed by atoms with Gasteiger partial charge in [0, 0.05) is 18.1 Å². The molecular formula is C16H23NO4. The van der Waals surface area contributed by atoms with E-state index in [1.165, 1.54) is 0 Å². The number of rotatable bonds is 5. The van der Waals surface area contributed by atoms with Crippen LogP contribution >= 0.6 is 0 Å². The summed E-state index contributed by atoms with van der Waals surface area (Å²) in [5.74, 6) is 0.743. The monoisotopic (exact) mass is 293 g/mol. The summed E-state index contributed by atoms with van der Waals surface area (Å²) < 4.78 is 10.7. The molecule has 2 rings (SSSR count). The van der Waals surface area contributed by atoms with Crippen LogP contribution in [0.15, 0.2) is 18.2 Å². The quantitative estimate of drug-likeness (QED) is 0.904. The van der Waals surface area contributed by atoms with E-state index in [-0.39, 0.29) is 24.8 Å². The van der Waals surface area contributed by atoms with Gasteiger partial charge in [0.2, 0.25) is 6.79 Å². The summed E-state index contributed by atoms with van der Waals surface area (Å²) >= 11 is 0. The Labute approximate surface area is 125 Å². The van der Waals surface area contributed by atoms with E-state index in [0.29, 0.717) is 6.54 Å². The Morgan fingerprint density at radius 3 is 2.62 bits per heavy atom. The van der Waals surface area contributed by atoms with E-state index >= 15 is 0 Å². The highest BCUT2D eigenvalue weighted by Gasteiger charge is 2.28. The number of carbonyl (C=O) groups is 1. The van der Waals surface area contributed by atoms with Crippen LogP contribution in [0.1, 0.15) is 45.7 Å². The minimum absolute atomic E-state index is 0.0962. The molecule has 0 spiro atoms. The third-order valence-corrected chi connectivity index (χ3v) is 3.77. The van der Waals surface area contributed by atoms with Crippen LogP contribution in [0, 0.1) is 0 Å². The first-order valence-electron chi connectivity index (χ1n) is 7.17. The molecule has 1 unspecified atom stereocenters. The second-order valence-corrected chi connectivity index (χ2v) is 6.30. The fraction of sp³-hybridized carbons (Fsp3) is 0.562. The van der Waals surface area contributed by atoms with Gasteiger partial charge >= 0.3 is 5.97 Å². The first kappa shape index (κ1) is 15.6. The van der Waals surface area contributed by atoms with Crippen LogP contribution in [-0.4, -0.2) is 34.9 Å². The van der Waals surface area contributed by atoms with Crippen molar-refractivity contribution in [2.75, 3.05) is 13.3 Å². The molecule has 1 aromatic carbocycles. The van der Waals surface area contributed by atoms with Gasteiger partial charge in [0.05, 0.1) is 6.42 Å². The van der Waals surface area contributed by atoms with Crippen LogP contribution in [0.25, 0.3) is 0 Å². The van der Waals surface area contributed by atoms with Crippen molar-refractivity contribution in [3.05, 3.63) is 23.8 Å². The molecular weight excluding hydrogens is 270 g/mol. The van der Waals surface area contributed by atoms with Gasteiger partial charge in [-0.25, -0.2) is 0 Å². The number of hydrogen-bond donors (Lipinski definition) is 1. The van der Waals surface area contributed by atoms with Crippen molar-refractivity contribution < 1.29 is 19.4 Å². The summed E-state index contributed by atoms with van der Waals surface area (Å²) in [6.45, 7) is 9.14. The van der Waals surface area contributed by atoms with E-state index in [0.717, 1.165) is 17.1 Å². The average molecular weight is 293 g/mol. The summed E-state index contributed by atoms with van der Waals surface area (Å²) in [5.41, 5.74) is 0.977. The van der Waals surface area contributed by atoms with Crippen molar-refractivity contribution >= 4 is 5.97 Å². The second-order valence-electron chi connectivity index (χ2n) is 6.30. The number of ether oxygens (including phenoxy) is 2. The van der Waals surface area contributed by atoms with Crippen molar-refractivity contribution in [2.24, 2.45) is 0 Å².